The van der Waals surface area contributed by atoms with Gasteiger partial charge in [-0.3, -0.25) is 4.79 Å². The Morgan fingerprint density at radius 1 is 1.20 bits per heavy atom. The van der Waals surface area contributed by atoms with Gasteiger partial charge >= 0.3 is 0 Å². The highest BCUT2D eigenvalue weighted by molar-refractivity contribution is 5.91. The Morgan fingerprint density at radius 3 is 2.84 bits per heavy atom. The molecule has 0 unspecified atom stereocenters. The van der Waals surface area contributed by atoms with Crippen LogP contribution < -0.4 is 0 Å². The first-order valence-electron chi connectivity index (χ1n) is 8.69. The third kappa shape index (κ3) is 2.90. The van der Waals surface area contributed by atoms with E-state index in [1.165, 1.54) is 0 Å². The molecular weight excluding hydrogens is 318 g/mol. The lowest BCUT2D eigenvalue weighted by atomic mass is 10.1. The van der Waals surface area contributed by atoms with Gasteiger partial charge < -0.3 is 9.32 Å². The summed E-state index contributed by atoms with van der Waals surface area (Å²) in [7, 11) is 0. The van der Waals surface area contributed by atoms with Crippen LogP contribution in [0.15, 0.2) is 28.8 Å². The molecule has 0 bridgehead atoms. The maximum absolute atomic E-state index is 13.1. The summed E-state index contributed by atoms with van der Waals surface area (Å²) in [5, 5.41) is 4.37. The van der Waals surface area contributed by atoms with Crippen molar-refractivity contribution in [2.75, 3.05) is 6.54 Å². The highest BCUT2D eigenvalue weighted by atomic mass is 16.3. The molecule has 0 aromatic carbocycles. The summed E-state index contributed by atoms with van der Waals surface area (Å²) in [4.78, 5) is 23.5. The molecule has 1 aliphatic rings. The summed E-state index contributed by atoms with van der Waals surface area (Å²) in [6, 6.07) is 5.69. The zero-order valence-corrected chi connectivity index (χ0v) is 14.5. The summed E-state index contributed by atoms with van der Waals surface area (Å²) in [6.07, 6.45) is 5.73. The Hall–Kier alpha value is -2.70. The maximum atomic E-state index is 13.1. The maximum Gasteiger partial charge on any atom is 0.294 e. The average molecular weight is 339 g/mol. The fourth-order valence-corrected chi connectivity index (χ4v) is 3.41. The van der Waals surface area contributed by atoms with Gasteiger partial charge in [0.25, 0.3) is 11.7 Å². The second-order valence-corrected chi connectivity index (χ2v) is 6.55. The van der Waals surface area contributed by atoms with Crippen molar-refractivity contribution in [2.24, 2.45) is 0 Å². The molecule has 4 rings (SSSR count). The number of aryl methyl sites for hydroxylation is 2. The lowest BCUT2D eigenvalue weighted by molar-refractivity contribution is 0.0645. The Labute approximate surface area is 145 Å². The van der Waals surface area contributed by atoms with Gasteiger partial charge in [0, 0.05) is 18.4 Å². The number of aromatic nitrogens is 4. The largest absolute Gasteiger partial charge is 0.464 e. The summed E-state index contributed by atoms with van der Waals surface area (Å²) < 4.78 is 7.43. The van der Waals surface area contributed by atoms with Gasteiger partial charge in [0.2, 0.25) is 5.82 Å². The van der Waals surface area contributed by atoms with Gasteiger partial charge in [-0.15, -0.1) is 5.10 Å². The Kier molecular flexibility index (Phi) is 3.99. The van der Waals surface area contributed by atoms with E-state index in [1.54, 1.807) is 10.7 Å². The van der Waals surface area contributed by atoms with Crippen LogP contribution in [0.1, 0.15) is 59.6 Å². The molecule has 7 nitrogen and oxygen atoms in total. The molecule has 0 saturated carbocycles. The first-order chi connectivity index (χ1) is 12.1. The summed E-state index contributed by atoms with van der Waals surface area (Å²) in [5.41, 5.74) is 0.894. The number of likely N-dealkylation sites (tertiary alicyclic amines) is 1. The van der Waals surface area contributed by atoms with E-state index in [9.17, 15) is 4.79 Å². The number of furan rings is 1. The van der Waals surface area contributed by atoms with Crippen LogP contribution >= 0.6 is 0 Å². The van der Waals surface area contributed by atoms with Crippen molar-refractivity contribution in [1.29, 1.82) is 0 Å². The quantitative estimate of drug-likeness (QED) is 0.717. The van der Waals surface area contributed by atoms with Crippen LogP contribution in [0.25, 0.3) is 5.78 Å². The highest BCUT2D eigenvalue weighted by Gasteiger charge is 2.31. The van der Waals surface area contributed by atoms with Gasteiger partial charge in [0.05, 0.1) is 6.04 Å². The first-order valence-corrected chi connectivity index (χ1v) is 8.69. The highest BCUT2D eigenvalue weighted by Crippen LogP contribution is 2.32. The molecule has 1 aliphatic heterocycles. The number of carbonyl (C=O) groups is 1. The molecule has 25 heavy (non-hydrogen) atoms. The van der Waals surface area contributed by atoms with Gasteiger partial charge in [-0.1, -0.05) is 12.8 Å². The smallest absolute Gasteiger partial charge is 0.294 e. The summed E-state index contributed by atoms with van der Waals surface area (Å²) >= 11 is 0. The van der Waals surface area contributed by atoms with Crippen LogP contribution in [0.3, 0.4) is 0 Å². The minimum atomic E-state index is -0.161. The second kappa shape index (κ2) is 6.31. The van der Waals surface area contributed by atoms with Gasteiger partial charge in [0.15, 0.2) is 0 Å². The van der Waals surface area contributed by atoms with E-state index in [0.717, 1.165) is 42.9 Å². The van der Waals surface area contributed by atoms with Crippen molar-refractivity contribution in [2.45, 2.75) is 45.6 Å². The van der Waals surface area contributed by atoms with E-state index in [-0.39, 0.29) is 17.8 Å². The molecule has 1 amide bonds. The average Bonchev–Trinajstić information content (AvgIpc) is 3.15. The van der Waals surface area contributed by atoms with E-state index in [0.29, 0.717) is 12.3 Å². The molecule has 3 aromatic heterocycles. The molecule has 130 valence electrons. The molecular formula is C18H21N5O2. The normalized spacial score (nSPS) is 18.5. The van der Waals surface area contributed by atoms with E-state index >= 15 is 0 Å². The molecule has 0 aliphatic carbocycles. The molecule has 7 heteroatoms. The van der Waals surface area contributed by atoms with Crippen molar-refractivity contribution in [1.82, 2.24) is 24.5 Å². The molecule has 0 spiro atoms. The predicted octanol–water partition coefficient (Wildman–Crippen LogP) is 3.09. The van der Waals surface area contributed by atoms with E-state index in [4.69, 9.17) is 4.42 Å². The van der Waals surface area contributed by atoms with Crippen molar-refractivity contribution in [3.8, 4) is 0 Å². The van der Waals surface area contributed by atoms with Gasteiger partial charge in [-0.05, 0) is 44.9 Å². The predicted molar refractivity (Wildman–Crippen MR) is 91.2 cm³/mol. The Morgan fingerprint density at radius 2 is 2.08 bits per heavy atom. The SMILES string of the molecule is Cc1ccc([C@@H]2CCCCCN2C(=O)c2nc3nccc(C)n3n2)o1. The summed E-state index contributed by atoms with van der Waals surface area (Å²) in [6.45, 7) is 4.52. The third-order valence-electron chi connectivity index (χ3n) is 4.72. The Bertz CT molecular complexity index is 913. The van der Waals surface area contributed by atoms with Crippen molar-refractivity contribution >= 4 is 11.7 Å². The molecule has 1 saturated heterocycles. The van der Waals surface area contributed by atoms with E-state index in [1.807, 2.05) is 36.9 Å². The van der Waals surface area contributed by atoms with Gasteiger partial charge in [0.1, 0.15) is 11.5 Å². The van der Waals surface area contributed by atoms with Crippen LogP contribution in [-0.2, 0) is 0 Å². The topological polar surface area (TPSA) is 76.5 Å². The van der Waals surface area contributed by atoms with Crippen molar-refractivity contribution in [3.63, 3.8) is 0 Å². The lowest BCUT2D eigenvalue weighted by Gasteiger charge is -2.27. The fourth-order valence-electron chi connectivity index (χ4n) is 3.41. The van der Waals surface area contributed by atoms with Crippen molar-refractivity contribution in [3.05, 3.63) is 47.4 Å². The number of rotatable bonds is 2. The number of amides is 1. The van der Waals surface area contributed by atoms with Crippen LogP contribution in [0.4, 0.5) is 0 Å². The van der Waals surface area contributed by atoms with Crippen LogP contribution in [0.2, 0.25) is 0 Å². The standard InChI is InChI=1S/C18H21N5O2/c1-12-9-10-19-18-20-16(21-23(12)18)17(24)22-11-5-3-4-6-14(22)15-8-7-13(2)25-15/h7-10,14H,3-6,11H2,1-2H3/t14-/m0/s1. The third-order valence-corrected chi connectivity index (χ3v) is 4.72. The molecule has 0 N–H and O–H groups in total. The van der Waals surface area contributed by atoms with Gasteiger partial charge in [-0.25, -0.2) is 9.50 Å². The number of hydrogen-bond acceptors (Lipinski definition) is 5. The molecule has 1 fully saturated rings. The van der Waals surface area contributed by atoms with Crippen LogP contribution in [-0.4, -0.2) is 36.9 Å². The molecule has 3 aromatic rings. The van der Waals surface area contributed by atoms with E-state index in [2.05, 4.69) is 15.1 Å². The molecule has 0 radical (unpaired) electrons. The zero-order valence-electron chi connectivity index (χ0n) is 14.5. The lowest BCUT2D eigenvalue weighted by Crippen LogP contribution is -2.35. The summed E-state index contributed by atoms with van der Waals surface area (Å²) in [5.74, 6) is 2.18. The fraction of sp³-hybridized carbons (Fsp3) is 0.444. The Balaban J connectivity index is 1.70. The number of carbonyl (C=O) groups excluding carboxylic acids is 1. The van der Waals surface area contributed by atoms with Gasteiger partial charge in [-0.2, -0.15) is 4.98 Å². The number of nitrogens with zero attached hydrogens (tertiary/aromatic N) is 5. The van der Waals surface area contributed by atoms with Crippen LogP contribution in [0.5, 0.6) is 0 Å². The van der Waals surface area contributed by atoms with Crippen LogP contribution in [0, 0.1) is 13.8 Å². The zero-order chi connectivity index (χ0) is 17.4. The van der Waals surface area contributed by atoms with E-state index < -0.39 is 0 Å². The second-order valence-electron chi connectivity index (χ2n) is 6.55. The first kappa shape index (κ1) is 15.8. The minimum absolute atomic E-state index is 0.0654. The number of hydrogen-bond donors (Lipinski definition) is 0. The van der Waals surface area contributed by atoms with Crippen molar-refractivity contribution < 1.29 is 9.21 Å². The molecule has 1 atom stereocenters. The molecule has 4 heterocycles. The monoisotopic (exact) mass is 339 g/mol. The minimum Gasteiger partial charge on any atom is -0.464 e. The number of fused-ring (bicyclic) bond motifs is 1.